The summed E-state index contributed by atoms with van der Waals surface area (Å²) in [5, 5.41) is 4.30. The Morgan fingerprint density at radius 3 is 2.81 bits per heavy atom. The van der Waals surface area contributed by atoms with Gasteiger partial charge in [0.1, 0.15) is 11.8 Å². The number of hydrogen-bond donors (Lipinski definition) is 1. The number of benzene rings is 1. The van der Waals surface area contributed by atoms with E-state index >= 15 is 0 Å². The third-order valence-electron chi connectivity index (χ3n) is 3.44. The summed E-state index contributed by atoms with van der Waals surface area (Å²) in [6.07, 6.45) is 1.04. The Balaban J connectivity index is 2.03. The van der Waals surface area contributed by atoms with Gasteiger partial charge in [-0.3, -0.25) is 0 Å². The fraction of sp³-hybridized carbons (Fsp3) is 0.294. The number of thiophene rings is 1. The zero-order chi connectivity index (χ0) is 14.8. The average Bonchev–Trinajstić information content (AvgIpc) is 3.07. The van der Waals surface area contributed by atoms with E-state index in [1.54, 1.807) is 17.4 Å². The van der Waals surface area contributed by atoms with Crippen LogP contribution < -0.4 is 5.32 Å². The molecule has 2 nitrogen and oxygen atoms in total. The zero-order valence-corrected chi connectivity index (χ0v) is 13.0. The van der Waals surface area contributed by atoms with Crippen molar-refractivity contribution in [2.75, 3.05) is 6.54 Å². The summed E-state index contributed by atoms with van der Waals surface area (Å²) in [4.78, 5) is 2.45. The predicted octanol–water partition coefficient (Wildman–Crippen LogP) is 5.03. The fourth-order valence-electron chi connectivity index (χ4n) is 2.43. The van der Waals surface area contributed by atoms with Crippen LogP contribution in [-0.4, -0.2) is 6.54 Å². The van der Waals surface area contributed by atoms with Crippen LogP contribution in [0.2, 0.25) is 0 Å². The molecule has 21 heavy (non-hydrogen) atoms. The van der Waals surface area contributed by atoms with Crippen LogP contribution in [0.25, 0.3) is 11.0 Å². The van der Waals surface area contributed by atoms with E-state index in [9.17, 15) is 4.39 Å². The van der Waals surface area contributed by atoms with Crippen molar-refractivity contribution >= 4 is 22.3 Å². The molecule has 2 aromatic heterocycles. The molecule has 0 spiro atoms. The van der Waals surface area contributed by atoms with Gasteiger partial charge >= 0.3 is 0 Å². The summed E-state index contributed by atoms with van der Waals surface area (Å²) >= 11 is 1.74. The molecule has 1 N–H and O–H groups in total. The van der Waals surface area contributed by atoms with E-state index in [1.807, 2.05) is 12.1 Å². The molecule has 3 aromatic rings. The molecule has 0 aliphatic rings. The van der Waals surface area contributed by atoms with Crippen LogP contribution >= 0.6 is 11.3 Å². The molecular formula is C17H18FNOS. The maximum Gasteiger partial charge on any atom is 0.169 e. The normalized spacial score (nSPS) is 12.9. The fourth-order valence-corrected chi connectivity index (χ4v) is 3.39. The van der Waals surface area contributed by atoms with Crippen molar-refractivity contribution < 1.29 is 8.81 Å². The second-order valence-corrected chi connectivity index (χ2v) is 6.46. The minimum absolute atomic E-state index is 0.0181. The van der Waals surface area contributed by atoms with Gasteiger partial charge in [0, 0.05) is 15.1 Å². The second kappa shape index (κ2) is 6.00. The van der Waals surface area contributed by atoms with E-state index in [4.69, 9.17) is 4.42 Å². The topological polar surface area (TPSA) is 25.2 Å². The molecule has 110 valence electrons. The van der Waals surface area contributed by atoms with Crippen LogP contribution in [-0.2, 0) is 0 Å². The summed E-state index contributed by atoms with van der Waals surface area (Å²) in [6.45, 7) is 5.10. The van der Waals surface area contributed by atoms with Crippen LogP contribution in [0.5, 0.6) is 0 Å². The lowest BCUT2D eigenvalue weighted by molar-refractivity contribution is 0.462. The van der Waals surface area contributed by atoms with Crippen molar-refractivity contribution in [3.05, 3.63) is 57.7 Å². The SMILES string of the molecule is CCCNC(c1cc2cccc(F)c2o1)c1ccc(C)s1. The number of hydrogen-bond acceptors (Lipinski definition) is 3. The molecule has 0 amide bonds. The van der Waals surface area contributed by atoms with Gasteiger partial charge in [-0.15, -0.1) is 11.3 Å². The molecule has 0 aliphatic heterocycles. The van der Waals surface area contributed by atoms with Crippen molar-refractivity contribution in [2.24, 2.45) is 0 Å². The van der Waals surface area contributed by atoms with E-state index in [1.165, 1.54) is 15.8 Å². The number of para-hydroxylation sites is 1. The monoisotopic (exact) mass is 303 g/mol. The lowest BCUT2D eigenvalue weighted by Crippen LogP contribution is -2.21. The van der Waals surface area contributed by atoms with Gasteiger partial charge in [0.25, 0.3) is 0 Å². The third kappa shape index (κ3) is 2.87. The minimum Gasteiger partial charge on any atom is -0.456 e. The second-order valence-electron chi connectivity index (χ2n) is 5.14. The highest BCUT2D eigenvalue weighted by atomic mass is 32.1. The Kier molecular flexibility index (Phi) is 4.08. The van der Waals surface area contributed by atoms with Crippen molar-refractivity contribution in [1.82, 2.24) is 5.32 Å². The van der Waals surface area contributed by atoms with E-state index in [0.29, 0.717) is 5.58 Å². The van der Waals surface area contributed by atoms with Crippen LogP contribution in [0, 0.1) is 12.7 Å². The summed E-state index contributed by atoms with van der Waals surface area (Å²) in [7, 11) is 0. The van der Waals surface area contributed by atoms with Gasteiger partial charge in [0.2, 0.25) is 0 Å². The summed E-state index contributed by atoms with van der Waals surface area (Å²) in [5.74, 6) is 0.459. The molecule has 0 fully saturated rings. The highest BCUT2D eigenvalue weighted by Crippen LogP contribution is 2.32. The number of aryl methyl sites for hydroxylation is 1. The van der Waals surface area contributed by atoms with Crippen LogP contribution in [0.1, 0.15) is 34.9 Å². The first-order chi connectivity index (χ1) is 10.2. The number of rotatable bonds is 5. The smallest absolute Gasteiger partial charge is 0.169 e. The van der Waals surface area contributed by atoms with Gasteiger partial charge in [-0.05, 0) is 44.2 Å². The van der Waals surface area contributed by atoms with E-state index in [-0.39, 0.29) is 11.9 Å². The van der Waals surface area contributed by atoms with Crippen molar-refractivity contribution in [3.63, 3.8) is 0 Å². The standard InChI is InChI=1S/C17H18FNOS/c1-3-9-19-16(15-8-7-11(2)21-15)14-10-12-5-4-6-13(18)17(12)20-14/h4-8,10,16,19H,3,9H2,1-2H3. The van der Waals surface area contributed by atoms with Gasteiger partial charge in [-0.1, -0.05) is 19.1 Å². The summed E-state index contributed by atoms with van der Waals surface area (Å²) in [5.41, 5.74) is 0.337. The molecule has 0 saturated heterocycles. The van der Waals surface area contributed by atoms with Gasteiger partial charge in [-0.25, -0.2) is 4.39 Å². The molecule has 0 saturated carbocycles. The number of furan rings is 1. The maximum atomic E-state index is 13.8. The Hall–Kier alpha value is -1.65. The zero-order valence-electron chi connectivity index (χ0n) is 12.2. The largest absolute Gasteiger partial charge is 0.456 e. The Labute approximate surface area is 127 Å². The molecule has 4 heteroatoms. The summed E-state index contributed by atoms with van der Waals surface area (Å²) < 4.78 is 19.6. The van der Waals surface area contributed by atoms with Crippen molar-refractivity contribution in [1.29, 1.82) is 0 Å². The molecule has 1 unspecified atom stereocenters. The van der Waals surface area contributed by atoms with Gasteiger partial charge in [-0.2, -0.15) is 0 Å². The van der Waals surface area contributed by atoms with Crippen molar-refractivity contribution in [2.45, 2.75) is 26.3 Å². The highest BCUT2D eigenvalue weighted by molar-refractivity contribution is 7.12. The first-order valence-electron chi connectivity index (χ1n) is 7.16. The Bertz CT molecular complexity index is 746. The molecule has 2 heterocycles. The van der Waals surface area contributed by atoms with Crippen LogP contribution in [0.3, 0.4) is 0 Å². The first kappa shape index (κ1) is 14.3. The van der Waals surface area contributed by atoms with Crippen LogP contribution in [0.15, 0.2) is 40.8 Å². The predicted molar refractivity (Wildman–Crippen MR) is 85.4 cm³/mol. The molecule has 0 aliphatic carbocycles. The average molecular weight is 303 g/mol. The highest BCUT2D eigenvalue weighted by Gasteiger charge is 2.20. The van der Waals surface area contributed by atoms with Gasteiger partial charge in [0.05, 0.1) is 0 Å². The Morgan fingerprint density at radius 2 is 2.14 bits per heavy atom. The van der Waals surface area contributed by atoms with E-state index in [0.717, 1.165) is 24.1 Å². The third-order valence-corrected chi connectivity index (χ3v) is 4.51. The van der Waals surface area contributed by atoms with Crippen LogP contribution in [0.4, 0.5) is 4.39 Å². The molecule has 1 atom stereocenters. The quantitative estimate of drug-likeness (QED) is 0.715. The molecule has 0 radical (unpaired) electrons. The molecular weight excluding hydrogens is 285 g/mol. The lowest BCUT2D eigenvalue weighted by atomic mass is 10.1. The van der Waals surface area contributed by atoms with Gasteiger partial charge in [0.15, 0.2) is 11.4 Å². The Morgan fingerprint density at radius 1 is 1.29 bits per heavy atom. The number of fused-ring (bicyclic) bond motifs is 1. The van der Waals surface area contributed by atoms with Gasteiger partial charge < -0.3 is 9.73 Å². The first-order valence-corrected chi connectivity index (χ1v) is 7.98. The lowest BCUT2D eigenvalue weighted by Gasteiger charge is -2.14. The number of halogens is 1. The molecule has 1 aromatic carbocycles. The number of nitrogens with one attached hydrogen (secondary N) is 1. The van der Waals surface area contributed by atoms with Crippen molar-refractivity contribution in [3.8, 4) is 0 Å². The summed E-state index contributed by atoms with van der Waals surface area (Å²) in [6, 6.07) is 11.1. The maximum absolute atomic E-state index is 13.8. The molecule has 3 rings (SSSR count). The van der Waals surface area contributed by atoms with E-state index in [2.05, 4.69) is 31.3 Å². The molecule has 0 bridgehead atoms. The minimum atomic E-state index is -0.310. The van der Waals surface area contributed by atoms with E-state index < -0.39 is 0 Å².